The Bertz CT molecular complexity index is 2160. The van der Waals surface area contributed by atoms with Crippen LogP contribution in [-0.2, 0) is 10.8 Å². The number of aromatic nitrogens is 4. The Morgan fingerprint density at radius 2 is 1.00 bits per heavy atom. The van der Waals surface area contributed by atoms with Gasteiger partial charge in [-0.25, -0.2) is 19.9 Å². The molecule has 0 atom stereocenters. The van der Waals surface area contributed by atoms with Gasteiger partial charge in [-0.05, 0) is 18.2 Å². The lowest BCUT2D eigenvalue weighted by Crippen LogP contribution is -2.16. The number of hydrogen-bond donors (Lipinski definition) is 0. The highest BCUT2D eigenvalue weighted by molar-refractivity contribution is 7.26. The van der Waals surface area contributed by atoms with Gasteiger partial charge in [0.2, 0.25) is 0 Å². The molecule has 0 amide bonds. The van der Waals surface area contributed by atoms with Crippen LogP contribution in [0.1, 0.15) is 53.2 Å². The molecule has 0 unspecified atom stereocenters. The highest BCUT2D eigenvalue weighted by Crippen LogP contribution is 2.39. The molecule has 0 saturated heterocycles. The van der Waals surface area contributed by atoms with Crippen LogP contribution in [0.25, 0.3) is 64.9 Å². The lowest BCUT2D eigenvalue weighted by molar-refractivity contribution is 0.547. The predicted octanol–water partition coefficient (Wildman–Crippen LogP) is 11.1. The Balaban J connectivity index is 0.000000147. The standard InChI is InChI=1S/C20H18N2O.C20H18N2S/c2*1-20(2,3)19-21-16(13-9-5-4-6-10-13)18-17(22-19)14-11-7-8-12-15(14)23-18/h2*4-12H,1-3H3. The fourth-order valence-electron chi connectivity index (χ4n) is 5.44. The summed E-state index contributed by atoms with van der Waals surface area (Å²) in [5.41, 5.74) is 7.45. The average Bonchev–Trinajstić information content (AvgIpc) is 3.63. The maximum atomic E-state index is 6.08. The van der Waals surface area contributed by atoms with E-state index in [0.717, 1.165) is 61.7 Å². The Morgan fingerprint density at radius 1 is 0.500 bits per heavy atom. The molecular weight excluding hydrogens is 585 g/mol. The molecule has 0 aliphatic heterocycles. The smallest absolute Gasteiger partial charge is 0.180 e. The Kier molecular flexibility index (Phi) is 7.41. The molecule has 0 radical (unpaired) electrons. The van der Waals surface area contributed by atoms with Crippen molar-refractivity contribution in [2.45, 2.75) is 52.4 Å². The lowest BCUT2D eigenvalue weighted by atomic mass is 9.95. The van der Waals surface area contributed by atoms with Crippen LogP contribution in [0.15, 0.2) is 114 Å². The molecule has 0 bridgehead atoms. The van der Waals surface area contributed by atoms with E-state index in [4.69, 9.17) is 24.4 Å². The number of fused-ring (bicyclic) bond motifs is 6. The summed E-state index contributed by atoms with van der Waals surface area (Å²) in [5.74, 6) is 1.72. The van der Waals surface area contributed by atoms with Crippen molar-refractivity contribution < 1.29 is 4.42 Å². The molecule has 46 heavy (non-hydrogen) atoms. The number of furan rings is 1. The third-order valence-corrected chi connectivity index (χ3v) is 9.04. The van der Waals surface area contributed by atoms with Gasteiger partial charge in [-0.1, -0.05) is 133 Å². The fraction of sp³-hybridized carbons (Fsp3) is 0.200. The van der Waals surface area contributed by atoms with Gasteiger partial charge in [-0.3, -0.25) is 0 Å². The molecule has 0 aliphatic rings. The van der Waals surface area contributed by atoms with Crippen LogP contribution in [0.4, 0.5) is 0 Å². The highest BCUT2D eigenvalue weighted by Gasteiger charge is 2.24. The molecule has 4 aromatic carbocycles. The van der Waals surface area contributed by atoms with E-state index in [0.29, 0.717) is 0 Å². The highest BCUT2D eigenvalue weighted by atomic mass is 32.1. The third kappa shape index (κ3) is 5.54. The summed E-state index contributed by atoms with van der Waals surface area (Å²) >= 11 is 1.78. The van der Waals surface area contributed by atoms with Crippen LogP contribution >= 0.6 is 11.3 Å². The van der Waals surface area contributed by atoms with Crippen molar-refractivity contribution in [1.29, 1.82) is 0 Å². The molecule has 0 fully saturated rings. The van der Waals surface area contributed by atoms with Crippen LogP contribution in [0, 0.1) is 0 Å². The van der Waals surface area contributed by atoms with E-state index in [1.807, 2.05) is 42.5 Å². The zero-order valence-electron chi connectivity index (χ0n) is 27.0. The minimum atomic E-state index is -0.129. The van der Waals surface area contributed by atoms with Crippen molar-refractivity contribution in [3.8, 4) is 22.5 Å². The second-order valence-corrected chi connectivity index (χ2v) is 14.6. The maximum absolute atomic E-state index is 6.08. The number of rotatable bonds is 2. The zero-order chi connectivity index (χ0) is 32.1. The van der Waals surface area contributed by atoms with Gasteiger partial charge in [-0.2, -0.15) is 0 Å². The molecule has 0 spiro atoms. The zero-order valence-corrected chi connectivity index (χ0v) is 27.8. The predicted molar refractivity (Wildman–Crippen MR) is 193 cm³/mol. The molecular formula is C40H36N4OS. The van der Waals surface area contributed by atoms with Crippen molar-refractivity contribution in [1.82, 2.24) is 19.9 Å². The molecule has 0 N–H and O–H groups in total. The SMILES string of the molecule is CC(C)(C)c1nc(-c2ccccc2)c2oc3ccccc3c2n1.CC(C)(C)c1nc(-c2ccccc2)c2sc3ccccc3c2n1. The first-order valence-corrected chi connectivity index (χ1v) is 16.4. The number of para-hydroxylation sites is 1. The van der Waals surface area contributed by atoms with Gasteiger partial charge in [0.1, 0.15) is 28.4 Å². The second-order valence-electron chi connectivity index (χ2n) is 13.6. The summed E-state index contributed by atoms with van der Waals surface area (Å²) in [6, 6.07) is 37.1. The number of benzene rings is 4. The maximum Gasteiger partial charge on any atom is 0.180 e. The summed E-state index contributed by atoms with van der Waals surface area (Å²) in [7, 11) is 0. The average molecular weight is 621 g/mol. The van der Waals surface area contributed by atoms with Crippen LogP contribution in [0.5, 0.6) is 0 Å². The summed E-state index contributed by atoms with van der Waals surface area (Å²) < 4.78 is 8.52. The van der Waals surface area contributed by atoms with Crippen molar-refractivity contribution in [3.63, 3.8) is 0 Å². The monoisotopic (exact) mass is 620 g/mol. The van der Waals surface area contributed by atoms with E-state index in [-0.39, 0.29) is 10.8 Å². The minimum absolute atomic E-state index is 0.0826. The molecule has 4 aromatic heterocycles. The quantitative estimate of drug-likeness (QED) is 0.192. The second kappa shape index (κ2) is 11.5. The van der Waals surface area contributed by atoms with Gasteiger partial charge in [0.25, 0.3) is 0 Å². The van der Waals surface area contributed by atoms with Crippen LogP contribution in [0.2, 0.25) is 0 Å². The molecule has 8 rings (SSSR count). The fourth-order valence-corrected chi connectivity index (χ4v) is 6.59. The lowest BCUT2D eigenvalue weighted by Gasteiger charge is -2.18. The van der Waals surface area contributed by atoms with Crippen LogP contribution < -0.4 is 0 Å². The van der Waals surface area contributed by atoms with E-state index in [2.05, 4.69) is 108 Å². The Morgan fingerprint density at radius 3 is 1.63 bits per heavy atom. The molecule has 5 nitrogen and oxygen atoms in total. The Labute approximate surface area is 273 Å². The van der Waals surface area contributed by atoms with E-state index in [9.17, 15) is 0 Å². The van der Waals surface area contributed by atoms with E-state index < -0.39 is 0 Å². The van der Waals surface area contributed by atoms with Gasteiger partial charge in [-0.15, -0.1) is 11.3 Å². The van der Waals surface area contributed by atoms with Crippen molar-refractivity contribution in [2.24, 2.45) is 0 Å². The van der Waals surface area contributed by atoms with Gasteiger partial charge < -0.3 is 4.42 Å². The summed E-state index contributed by atoms with van der Waals surface area (Å²) in [5, 5.41) is 2.25. The van der Waals surface area contributed by atoms with Gasteiger partial charge in [0, 0.05) is 37.4 Å². The van der Waals surface area contributed by atoms with Crippen molar-refractivity contribution >= 4 is 53.7 Å². The largest absolute Gasteiger partial charge is 0.452 e. The molecule has 6 heteroatoms. The number of nitrogens with zero attached hydrogens (tertiary/aromatic N) is 4. The minimum Gasteiger partial charge on any atom is -0.452 e. The summed E-state index contributed by atoms with van der Waals surface area (Å²) in [6.45, 7) is 12.9. The summed E-state index contributed by atoms with van der Waals surface area (Å²) in [4.78, 5) is 19.5. The van der Waals surface area contributed by atoms with Crippen molar-refractivity contribution in [2.75, 3.05) is 0 Å². The van der Waals surface area contributed by atoms with Crippen LogP contribution in [0.3, 0.4) is 0 Å². The number of hydrogen-bond acceptors (Lipinski definition) is 6. The van der Waals surface area contributed by atoms with Crippen LogP contribution in [-0.4, -0.2) is 19.9 Å². The summed E-state index contributed by atoms with van der Waals surface area (Å²) in [6.07, 6.45) is 0. The molecule has 0 aliphatic carbocycles. The molecule has 0 saturated carbocycles. The normalized spacial score (nSPS) is 12.1. The Hall–Kier alpha value is -4.94. The van der Waals surface area contributed by atoms with E-state index >= 15 is 0 Å². The molecule has 228 valence electrons. The number of thiophene rings is 1. The third-order valence-electron chi connectivity index (χ3n) is 7.88. The van der Waals surface area contributed by atoms with Gasteiger partial charge in [0.05, 0.1) is 15.9 Å². The van der Waals surface area contributed by atoms with Gasteiger partial charge >= 0.3 is 0 Å². The first-order valence-electron chi connectivity index (χ1n) is 15.6. The molecule has 8 aromatic rings. The first kappa shape index (κ1) is 29.8. The first-order chi connectivity index (χ1) is 22.1. The van der Waals surface area contributed by atoms with Gasteiger partial charge in [0.15, 0.2) is 5.58 Å². The van der Waals surface area contributed by atoms with E-state index in [1.54, 1.807) is 11.3 Å². The van der Waals surface area contributed by atoms with Crippen molar-refractivity contribution in [3.05, 3.63) is 121 Å². The van der Waals surface area contributed by atoms with E-state index in [1.165, 1.54) is 14.8 Å². The molecule has 4 heterocycles. The topological polar surface area (TPSA) is 64.7 Å².